The molecule has 2 aromatic rings. The molecule has 0 radical (unpaired) electrons. The third kappa shape index (κ3) is 5.25. The zero-order valence-corrected chi connectivity index (χ0v) is 16.2. The standard InChI is InChI=1S/C22H26N2O4/c1-15(2)21(24-20(25)13-16-7-4-3-5-8-16)22(26)23-17-9-10-18-19(14-17)28-12-6-11-27-18/h3-5,7-10,14-15,21H,6,11-13H2,1-2H3,(H,23,26)(H,24,25)/t21-/m0/s1. The Kier molecular flexibility index (Phi) is 6.53. The van der Waals surface area contributed by atoms with E-state index in [4.69, 9.17) is 9.47 Å². The van der Waals surface area contributed by atoms with Crippen molar-refractivity contribution in [2.45, 2.75) is 32.7 Å². The monoisotopic (exact) mass is 382 g/mol. The number of anilines is 1. The Labute approximate surface area is 165 Å². The summed E-state index contributed by atoms with van der Waals surface area (Å²) in [5.74, 6) is 0.793. The van der Waals surface area contributed by atoms with Crippen LogP contribution in [0.1, 0.15) is 25.8 Å². The Morgan fingerprint density at radius 2 is 1.71 bits per heavy atom. The highest BCUT2D eigenvalue weighted by atomic mass is 16.5. The summed E-state index contributed by atoms with van der Waals surface area (Å²) in [4.78, 5) is 25.2. The minimum Gasteiger partial charge on any atom is -0.490 e. The highest BCUT2D eigenvalue weighted by Gasteiger charge is 2.24. The van der Waals surface area contributed by atoms with E-state index in [0.717, 1.165) is 12.0 Å². The summed E-state index contributed by atoms with van der Waals surface area (Å²) in [5, 5.41) is 5.72. The number of hydrogen-bond acceptors (Lipinski definition) is 4. The van der Waals surface area contributed by atoms with Crippen molar-refractivity contribution in [1.29, 1.82) is 0 Å². The molecular formula is C22H26N2O4. The first-order valence-corrected chi connectivity index (χ1v) is 9.57. The summed E-state index contributed by atoms with van der Waals surface area (Å²) in [5.41, 5.74) is 1.52. The van der Waals surface area contributed by atoms with E-state index in [0.29, 0.717) is 30.4 Å². The quantitative estimate of drug-likeness (QED) is 0.805. The number of amides is 2. The zero-order valence-electron chi connectivity index (χ0n) is 16.2. The van der Waals surface area contributed by atoms with Crippen LogP contribution < -0.4 is 20.1 Å². The Hall–Kier alpha value is -3.02. The van der Waals surface area contributed by atoms with Crippen LogP contribution in [0, 0.1) is 5.92 Å². The lowest BCUT2D eigenvalue weighted by molar-refractivity contribution is -0.127. The average Bonchev–Trinajstić information content (AvgIpc) is 2.91. The van der Waals surface area contributed by atoms with E-state index in [1.54, 1.807) is 18.2 Å². The fourth-order valence-electron chi connectivity index (χ4n) is 3.00. The van der Waals surface area contributed by atoms with Crippen molar-refractivity contribution in [2.24, 2.45) is 5.92 Å². The molecule has 1 aliphatic rings. The molecule has 2 aromatic carbocycles. The van der Waals surface area contributed by atoms with Crippen LogP contribution in [-0.2, 0) is 16.0 Å². The number of benzene rings is 2. The first-order chi connectivity index (χ1) is 13.5. The molecule has 6 nitrogen and oxygen atoms in total. The fraction of sp³-hybridized carbons (Fsp3) is 0.364. The maximum atomic E-state index is 12.8. The van der Waals surface area contributed by atoms with Crippen LogP contribution in [-0.4, -0.2) is 31.1 Å². The number of carbonyl (C=O) groups excluding carboxylic acids is 2. The number of ether oxygens (including phenoxy) is 2. The lowest BCUT2D eigenvalue weighted by Gasteiger charge is -2.22. The molecule has 1 aliphatic heterocycles. The van der Waals surface area contributed by atoms with Gasteiger partial charge >= 0.3 is 0 Å². The van der Waals surface area contributed by atoms with Gasteiger partial charge in [0.2, 0.25) is 11.8 Å². The summed E-state index contributed by atoms with van der Waals surface area (Å²) in [6, 6.07) is 14.1. The van der Waals surface area contributed by atoms with Gasteiger partial charge in [-0.2, -0.15) is 0 Å². The minimum absolute atomic E-state index is 0.0554. The van der Waals surface area contributed by atoms with Crippen LogP contribution in [0.4, 0.5) is 5.69 Å². The second-order valence-electron chi connectivity index (χ2n) is 7.15. The van der Waals surface area contributed by atoms with E-state index in [-0.39, 0.29) is 24.2 Å². The van der Waals surface area contributed by atoms with Crippen molar-refractivity contribution in [2.75, 3.05) is 18.5 Å². The zero-order chi connectivity index (χ0) is 19.9. The Balaban J connectivity index is 1.64. The molecule has 28 heavy (non-hydrogen) atoms. The molecule has 0 bridgehead atoms. The van der Waals surface area contributed by atoms with E-state index < -0.39 is 6.04 Å². The van der Waals surface area contributed by atoms with Crippen LogP contribution in [0.3, 0.4) is 0 Å². The van der Waals surface area contributed by atoms with Crippen molar-refractivity contribution >= 4 is 17.5 Å². The van der Waals surface area contributed by atoms with E-state index in [1.807, 2.05) is 44.2 Å². The molecular weight excluding hydrogens is 356 g/mol. The molecule has 2 amide bonds. The first-order valence-electron chi connectivity index (χ1n) is 9.57. The van der Waals surface area contributed by atoms with Gasteiger partial charge in [0.15, 0.2) is 11.5 Å². The second-order valence-corrected chi connectivity index (χ2v) is 7.15. The van der Waals surface area contributed by atoms with Crippen LogP contribution in [0.2, 0.25) is 0 Å². The summed E-state index contributed by atoms with van der Waals surface area (Å²) in [7, 11) is 0. The fourth-order valence-corrected chi connectivity index (χ4v) is 3.00. The number of rotatable bonds is 6. The molecule has 0 saturated carbocycles. The summed E-state index contributed by atoms with van der Waals surface area (Å²) in [6.07, 6.45) is 1.06. The minimum atomic E-state index is -0.632. The Morgan fingerprint density at radius 1 is 1.00 bits per heavy atom. The topological polar surface area (TPSA) is 76.7 Å². The molecule has 0 saturated heterocycles. The lowest BCUT2D eigenvalue weighted by Crippen LogP contribution is -2.47. The SMILES string of the molecule is CC(C)[C@H](NC(=O)Cc1ccccc1)C(=O)Nc1ccc2c(c1)OCCCO2. The van der Waals surface area contributed by atoms with Gasteiger partial charge in [-0.25, -0.2) is 0 Å². The summed E-state index contributed by atoms with van der Waals surface area (Å²) in [6.45, 7) is 5.00. The molecule has 3 rings (SSSR count). The van der Waals surface area contributed by atoms with Gasteiger partial charge in [0.1, 0.15) is 6.04 Å². The molecule has 0 unspecified atom stereocenters. The molecule has 2 N–H and O–H groups in total. The van der Waals surface area contributed by atoms with E-state index in [1.165, 1.54) is 0 Å². The normalized spacial score (nSPS) is 14.1. The molecule has 1 atom stereocenters. The van der Waals surface area contributed by atoms with Gasteiger partial charge in [-0.15, -0.1) is 0 Å². The number of fused-ring (bicyclic) bond motifs is 1. The van der Waals surface area contributed by atoms with Gasteiger partial charge in [-0.05, 0) is 23.6 Å². The number of carbonyl (C=O) groups is 2. The maximum absolute atomic E-state index is 12.8. The van der Waals surface area contributed by atoms with Crippen molar-refractivity contribution in [1.82, 2.24) is 5.32 Å². The largest absolute Gasteiger partial charge is 0.490 e. The third-order valence-electron chi connectivity index (χ3n) is 4.49. The van der Waals surface area contributed by atoms with Gasteiger partial charge in [-0.3, -0.25) is 9.59 Å². The smallest absolute Gasteiger partial charge is 0.247 e. The van der Waals surface area contributed by atoms with Gasteiger partial charge in [0.05, 0.1) is 19.6 Å². The third-order valence-corrected chi connectivity index (χ3v) is 4.49. The Bertz CT molecular complexity index is 821. The Morgan fingerprint density at radius 3 is 2.43 bits per heavy atom. The van der Waals surface area contributed by atoms with Gasteiger partial charge in [0.25, 0.3) is 0 Å². The van der Waals surface area contributed by atoms with Crippen molar-refractivity contribution in [3.05, 3.63) is 54.1 Å². The summed E-state index contributed by atoms with van der Waals surface area (Å²) >= 11 is 0. The summed E-state index contributed by atoms with van der Waals surface area (Å²) < 4.78 is 11.3. The molecule has 0 aromatic heterocycles. The van der Waals surface area contributed by atoms with Crippen LogP contribution in [0.25, 0.3) is 0 Å². The van der Waals surface area contributed by atoms with Crippen LogP contribution in [0.5, 0.6) is 11.5 Å². The molecule has 6 heteroatoms. The average molecular weight is 382 g/mol. The van der Waals surface area contributed by atoms with E-state index in [9.17, 15) is 9.59 Å². The highest BCUT2D eigenvalue weighted by molar-refractivity contribution is 5.97. The number of hydrogen-bond donors (Lipinski definition) is 2. The lowest BCUT2D eigenvalue weighted by atomic mass is 10.0. The van der Waals surface area contributed by atoms with Crippen molar-refractivity contribution < 1.29 is 19.1 Å². The van der Waals surface area contributed by atoms with E-state index in [2.05, 4.69) is 10.6 Å². The van der Waals surface area contributed by atoms with Gasteiger partial charge < -0.3 is 20.1 Å². The highest BCUT2D eigenvalue weighted by Crippen LogP contribution is 2.32. The first kappa shape index (κ1) is 19.7. The molecule has 0 fully saturated rings. The maximum Gasteiger partial charge on any atom is 0.247 e. The van der Waals surface area contributed by atoms with Crippen LogP contribution >= 0.6 is 0 Å². The van der Waals surface area contributed by atoms with Gasteiger partial charge in [-0.1, -0.05) is 44.2 Å². The number of nitrogens with one attached hydrogen (secondary N) is 2. The van der Waals surface area contributed by atoms with Crippen molar-refractivity contribution in [3.63, 3.8) is 0 Å². The van der Waals surface area contributed by atoms with E-state index >= 15 is 0 Å². The van der Waals surface area contributed by atoms with Gasteiger partial charge in [0, 0.05) is 18.2 Å². The molecule has 0 aliphatic carbocycles. The molecule has 148 valence electrons. The predicted molar refractivity (Wildman–Crippen MR) is 108 cm³/mol. The van der Waals surface area contributed by atoms with Crippen LogP contribution in [0.15, 0.2) is 48.5 Å². The second kappa shape index (κ2) is 9.26. The molecule has 1 heterocycles. The predicted octanol–water partition coefficient (Wildman–Crippen LogP) is 3.17. The van der Waals surface area contributed by atoms with Crippen molar-refractivity contribution in [3.8, 4) is 11.5 Å². The molecule has 0 spiro atoms.